The van der Waals surface area contributed by atoms with Gasteiger partial charge in [0.15, 0.2) is 0 Å². The van der Waals surface area contributed by atoms with Crippen LogP contribution < -0.4 is 15.8 Å². The lowest BCUT2D eigenvalue weighted by molar-refractivity contribution is -0.116. The number of methoxy groups -OCH3 is 1. The highest BCUT2D eigenvalue weighted by Gasteiger charge is 2.08. The molecule has 1 aromatic carbocycles. The first kappa shape index (κ1) is 15.7. The predicted molar refractivity (Wildman–Crippen MR) is 88.1 cm³/mol. The van der Waals surface area contributed by atoms with E-state index in [1.165, 1.54) is 0 Å². The number of anilines is 2. The topological polar surface area (TPSA) is 77.2 Å². The third kappa shape index (κ3) is 4.95. The number of amides is 1. The second-order valence-electron chi connectivity index (χ2n) is 4.26. The van der Waals surface area contributed by atoms with Crippen LogP contribution in [0.2, 0.25) is 0 Å². The number of nitrogen functional groups attached to an aromatic ring is 1. The van der Waals surface area contributed by atoms with E-state index in [0.717, 1.165) is 16.5 Å². The molecular weight excluding hydrogens is 306 g/mol. The van der Waals surface area contributed by atoms with Gasteiger partial charge in [0.25, 0.3) is 0 Å². The third-order valence-electron chi connectivity index (χ3n) is 2.68. The Kier molecular flexibility index (Phi) is 5.89. The number of thioether (sulfide) groups is 1. The molecule has 112 valence electrons. The van der Waals surface area contributed by atoms with Crippen molar-refractivity contribution in [2.45, 2.75) is 17.2 Å². The van der Waals surface area contributed by atoms with Gasteiger partial charge in [-0.3, -0.25) is 4.79 Å². The number of benzene rings is 1. The molecule has 0 aliphatic rings. The van der Waals surface area contributed by atoms with Gasteiger partial charge in [0.2, 0.25) is 5.91 Å². The number of carbonyl (C=O) groups is 1. The van der Waals surface area contributed by atoms with E-state index in [-0.39, 0.29) is 5.91 Å². The van der Waals surface area contributed by atoms with Crippen LogP contribution in [-0.2, 0) is 4.79 Å². The number of ether oxygens (including phenoxy) is 1. The zero-order valence-electron chi connectivity index (χ0n) is 11.7. The Morgan fingerprint density at radius 3 is 3.10 bits per heavy atom. The van der Waals surface area contributed by atoms with E-state index in [1.807, 2.05) is 5.38 Å². The SMILES string of the molecule is COc1cc(N)ccc1NC(=O)CCCSc1nccs1. The zero-order chi connectivity index (χ0) is 15.1. The fraction of sp³-hybridized carbons (Fsp3) is 0.286. The van der Waals surface area contributed by atoms with Gasteiger partial charge >= 0.3 is 0 Å². The summed E-state index contributed by atoms with van der Waals surface area (Å²) in [4.78, 5) is 16.1. The Hall–Kier alpha value is -1.73. The summed E-state index contributed by atoms with van der Waals surface area (Å²) in [5, 5.41) is 4.79. The molecule has 0 aliphatic carbocycles. The predicted octanol–water partition coefficient (Wildman–Crippen LogP) is 3.24. The Bertz CT molecular complexity index is 588. The van der Waals surface area contributed by atoms with Crippen molar-refractivity contribution in [2.24, 2.45) is 0 Å². The number of hydrogen-bond donors (Lipinski definition) is 2. The van der Waals surface area contributed by atoms with E-state index >= 15 is 0 Å². The van der Waals surface area contributed by atoms with E-state index in [2.05, 4.69) is 10.3 Å². The molecule has 7 heteroatoms. The van der Waals surface area contributed by atoms with Gasteiger partial charge in [-0.1, -0.05) is 11.8 Å². The summed E-state index contributed by atoms with van der Waals surface area (Å²) in [7, 11) is 1.55. The second kappa shape index (κ2) is 7.90. The molecule has 0 fully saturated rings. The van der Waals surface area contributed by atoms with Crippen molar-refractivity contribution in [2.75, 3.05) is 23.9 Å². The molecule has 0 atom stereocenters. The standard InChI is InChI=1S/C14H17N3O2S2/c1-19-12-9-10(15)4-5-11(12)17-13(18)3-2-7-20-14-16-6-8-21-14/h4-6,8-9H,2-3,7,15H2,1H3,(H,17,18). The molecule has 0 saturated heterocycles. The minimum atomic E-state index is -0.0298. The van der Waals surface area contributed by atoms with Gasteiger partial charge in [-0.15, -0.1) is 11.3 Å². The average Bonchev–Trinajstić information content (AvgIpc) is 2.99. The third-order valence-corrected chi connectivity index (χ3v) is 4.74. The number of nitrogens with two attached hydrogens (primary N) is 1. The molecule has 1 aromatic heterocycles. The number of rotatable bonds is 7. The number of carbonyl (C=O) groups excluding carboxylic acids is 1. The first-order valence-electron chi connectivity index (χ1n) is 6.44. The largest absolute Gasteiger partial charge is 0.494 e. The second-order valence-corrected chi connectivity index (χ2v) is 6.49. The van der Waals surface area contributed by atoms with Crippen molar-refractivity contribution < 1.29 is 9.53 Å². The lowest BCUT2D eigenvalue weighted by atomic mass is 10.2. The van der Waals surface area contributed by atoms with Crippen molar-refractivity contribution in [1.82, 2.24) is 4.98 Å². The number of nitrogens with one attached hydrogen (secondary N) is 1. The van der Waals surface area contributed by atoms with Crippen LogP contribution in [0.4, 0.5) is 11.4 Å². The first-order chi connectivity index (χ1) is 10.2. The maximum Gasteiger partial charge on any atom is 0.224 e. The van der Waals surface area contributed by atoms with Crippen molar-refractivity contribution in [3.05, 3.63) is 29.8 Å². The normalized spacial score (nSPS) is 10.3. The molecule has 2 aromatic rings. The van der Waals surface area contributed by atoms with Crippen LogP contribution >= 0.6 is 23.1 Å². The molecule has 2 rings (SSSR count). The Morgan fingerprint density at radius 1 is 1.52 bits per heavy atom. The van der Waals surface area contributed by atoms with Gasteiger partial charge in [-0.25, -0.2) is 4.98 Å². The molecule has 5 nitrogen and oxygen atoms in total. The summed E-state index contributed by atoms with van der Waals surface area (Å²) in [5.74, 6) is 1.41. The van der Waals surface area contributed by atoms with E-state index in [0.29, 0.717) is 23.5 Å². The smallest absolute Gasteiger partial charge is 0.224 e. The summed E-state index contributed by atoms with van der Waals surface area (Å²) in [6, 6.07) is 5.17. The minimum Gasteiger partial charge on any atom is -0.494 e. The van der Waals surface area contributed by atoms with Crippen LogP contribution in [0.5, 0.6) is 5.75 Å². The highest BCUT2D eigenvalue weighted by atomic mass is 32.2. The van der Waals surface area contributed by atoms with E-state index in [1.54, 1.807) is 54.6 Å². The van der Waals surface area contributed by atoms with Crippen LogP contribution in [0.3, 0.4) is 0 Å². The number of thiazole rings is 1. The van der Waals surface area contributed by atoms with E-state index in [4.69, 9.17) is 10.5 Å². The molecular formula is C14H17N3O2S2. The highest BCUT2D eigenvalue weighted by molar-refractivity contribution is 8.00. The Balaban J connectivity index is 1.76. The number of aromatic nitrogens is 1. The van der Waals surface area contributed by atoms with Crippen LogP contribution in [0, 0.1) is 0 Å². The van der Waals surface area contributed by atoms with Crippen LogP contribution in [-0.4, -0.2) is 23.8 Å². The summed E-state index contributed by atoms with van der Waals surface area (Å²) >= 11 is 3.28. The first-order valence-corrected chi connectivity index (χ1v) is 8.31. The summed E-state index contributed by atoms with van der Waals surface area (Å²) in [5.41, 5.74) is 6.92. The van der Waals surface area contributed by atoms with E-state index in [9.17, 15) is 4.79 Å². The molecule has 0 bridgehead atoms. The minimum absolute atomic E-state index is 0.0298. The van der Waals surface area contributed by atoms with Crippen molar-refractivity contribution >= 4 is 40.4 Å². The highest BCUT2D eigenvalue weighted by Crippen LogP contribution is 2.27. The molecule has 21 heavy (non-hydrogen) atoms. The van der Waals surface area contributed by atoms with Crippen molar-refractivity contribution in [3.63, 3.8) is 0 Å². The van der Waals surface area contributed by atoms with Gasteiger partial charge in [0.1, 0.15) is 10.1 Å². The molecule has 0 radical (unpaired) electrons. The fourth-order valence-corrected chi connectivity index (χ4v) is 3.34. The fourth-order valence-electron chi connectivity index (χ4n) is 1.70. The summed E-state index contributed by atoms with van der Waals surface area (Å²) in [6.45, 7) is 0. The van der Waals surface area contributed by atoms with Crippen LogP contribution in [0.25, 0.3) is 0 Å². The number of hydrogen-bond acceptors (Lipinski definition) is 6. The lowest BCUT2D eigenvalue weighted by Gasteiger charge is -2.10. The zero-order valence-corrected chi connectivity index (χ0v) is 13.3. The average molecular weight is 323 g/mol. The van der Waals surface area contributed by atoms with Crippen molar-refractivity contribution in [1.29, 1.82) is 0 Å². The molecule has 0 spiro atoms. The molecule has 0 aliphatic heterocycles. The van der Waals surface area contributed by atoms with Gasteiger partial charge in [-0.2, -0.15) is 0 Å². The maximum atomic E-state index is 11.9. The summed E-state index contributed by atoms with van der Waals surface area (Å²) < 4.78 is 6.23. The quantitative estimate of drug-likeness (QED) is 0.465. The van der Waals surface area contributed by atoms with Crippen LogP contribution in [0.15, 0.2) is 34.1 Å². The summed E-state index contributed by atoms with van der Waals surface area (Å²) in [6.07, 6.45) is 3.05. The van der Waals surface area contributed by atoms with Gasteiger partial charge < -0.3 is 15.8 Å². The maximum absolute atomic E-state index is 11.9. The monoisotopic (exact) mass is 323 g/mol. The van der Waals surface area contributed by atoms with Gasteiger partial charge in [0.05, 0.1) is 12.8 Å². The molecule has 1 heterocycles. The molecule has 3 N–H and O–H groups in total. The molecule has 0 saturated carbocycles. The van der Waals surface area contributed by atoms with E-state index < -0.39 is 0 Å². The van der Waals surface area contributed by atoms with Gasteiger partial charge in [-0.05, 0) is 18.6 Å². The lowest BCUT2D eigenvalue weighted by Crippen LogP contribution is -2.12. The molecule has 1 amide bonds. The Morgan fingerprint density at radius 2 is 2.38 bits per heavy atom. The van der Waals surface area contributed by atoms with Crippen molar-refractivity contribution in [3.8, 4) is 5.75 Å². The Labute approximate surface area is 131 Å². The van der Waals surface area contributed by atoms with Gasteiger partial charge in [0, 0.05) is 35.5 Å². The molecule has 0 unspecified atom stereocenters. The number of nitrogens with zero attached hydrogens (tertiary/aromatic N) is 1. The van der Waals surface area contributed by atoms with Crippen LogP contribution in [0.1, 0.15) is 12.8 Å².